The quantitative estimate of drug-likeness (QED) is 0.245. The molecule has 0 saturated heterocycles. The fraction of sp³-hybridized carbons (Fsp3) is 0.192. The number of hydrogen-bond donors (Lipinski definition) is 5. The van der Waals surface area contributed by atoms with Crippen LogP contribution in [0.2, 0.25) is 0 Å². The van der Waals surface area contributed by atoms with Crippen molar-refractivity contribution in [2.45, 2.75) is 32.9 Å². The number of anilines is 2. The van der Waals surface area contributed by atoms with E-state index in [4.69, 9.17) is 0 Å². The van der Waals surface area contributed by atoms with Crippen LogP contribution in [0.5, 0.6) is 11.5 Å². The third-order valence-corrected chi connectivity index (χ3v) is 5.56. The first kappa shape index (κ1) is 21.5. The minimum absolute atomic E-state index is 0.0396. The number of aromatic amines is 1. The van der Waals surface area contributed by atoms with Crippen LogP contribution in [-0.2, 0) is 6.54 Å². The minimum Gasteiger partial charge on any atom is -0.508 e. The van der Waals surface area contributed by atoms with Crippen LogP contribution in [0.1, 0.15) is 25.8 Å². The zero-order valence-electron chi connectivity index (χ0n) is 18.3. The SMILES string of the molecule is CCC(C)NCc1ccc(Nc2cc(-c3ccc(-c4ccc(O)cc4O)cc3)[nH]n2)cc1. The Hall–Kier alpha value is -3.77. The van der Waals surface area contributed by atoms with Gasteiger partial charge in [0, 0.05) is 36.0 Å². The molecule has 164 valence electrons. The van der Waals surface area contributed by atoms with Crippen molar-refractivity contribution in [1.82, 2.24) is 15.5 Å². The van der Waals surface area contributed by atoms with Gasteiger partial charge < -0.3 is 20.8 Å². The highest BCUT2D eigenvalue weighted by Gasteiger charge is 2.08. The van der Waals surface area contributed by atoms with Gasteiger partial charge in [0.05, 0.1) is 5.69 Å². The van der Waals surface area contributed by atoms with Crippen molar-refractivity contribution in [3.63, 3.8) is 0 Å². The van der Waals surface area contributed by atoms with Gasteiger partial charge in [-0.15, -0.1) is 0 Å². The Morgan fingerprint density at radius 2 is 1.62 bits per heavy atom. The number of benzene rings is 3. The summed E-state index contributed by atoms with van der Waals surface area (Å²) < 4.78 is 0. The molecule has 0 aliphatic carbocycles. The molecule has 0 bridgehead atoms. The molecular weight excluding hydrogens is 400 g/mol. The lowest BCUT2D eigenvalue weighted by molar-refractivity contribution is 0.452. The molecule has 1 heterocycles. The topological polar surface area (TPSA) is 93.2 Å². The van der Waals surface area contributed by atoms with Crippen molar-refractivity contribution in [3.05, 3.63) is 78.4 Å². The summed E-state index contributed by atoms with van der Waals surface area (Å²) in [5, 5.41) is 33.8. The molecule has 1 aromatic heterocycles. The number of aromatic hydroxyl groups is 2. The average Bonchev–Trinajstić information content (AvgIpc) is 3.27. The maximum Gasteiger partial charge on any atom is 0.152 e. The largest absolute Gasteiger partial charge is 0.508 e. The van der Waals surface area contributed by atoms with Crippen molar-refractivity contribution in [2.75, 3.05) is 5.32 Å². The van der Waals surface area contributed by atoms with E-state index in [1.165, 1.54) is 11.6 Å². The molecular formula is C26H28N4O2. The highest BCUT2D eigenvalue weighted by atomic mass is 16.3. The van der Waals surface area contributed by atoms with Crippen LogP contribution >= 0.6 is 0 Å². The molecule has 6 nitrogen and oxygen atoms in total. The number of hydrogen-bond acceptors (Lipinski definition) is 5. The lowest BCUT2D eigenvalue weighted by Crippen LogP contribution is -2.24. The van der Waals surface area contributed by atoms with Crippen molar-refractivity contribution in [2.24, 2.45) is 0 Å². The molecule has 0 saturated carbocycles. The second-order valence-corrected chi connectivity index (χ2v) is 7.96. The molecule has 0 fully saturated rings. The first-order valence-corrected chi connectivity index (χ1v) is 10.8. The summed E-state index contributed by atoms with van der Waals surface area (Å²) in [6, 6.07) is 23.2. The molecule has 32 heavy (non-hydrogen) atoms. The molecule has 3 aromatic carbocycles. The monoisotopic (exact) mass is 428 g/mol. The number of nitrogens with one attached hydrogen (secondary N) is 3. The highest BCUT2D eigenvalue weighted by Crippen LogP contribution is 2.33. The molecule has 0 spiro atoms. The number of aromatic nitrogens is 2. The van der Waals surface area contributed by atoms with Gasteiger partial charge >= 0.3 is 0 Å². The Kier molecular flexibility index (Phi) is 6.42. The average molecular weight is 429 g/mol. The van der Waals surface area contributed by atoms with Gasteiger partial charge in [0.25, 0.3) is 0 Å². The van der Waals surface area contributed by atoms with E-state index < -0.39 is 0 Å². The van der Waals surface area contributed by atoms with E-state index in [1.54, 1.807) is 12.1 Å². The summed E-state index contributed by atoms with van der Waals surface area (Å²) in [5.41, 5.74) is 5.64. The Balaban J connectivity index is 1.41. The number of rotatable bonds is 8. The fourth-order valence-electron chi connectivity index (χ4n) is 3.42. The number of phenolic OH excluding ortho intramolecular Hbond substituents is 2. The fourth-order valence-corrected chi connectivity index (χ4v) is 3.42. The van der Waals surface area contributed by atoms with Crippen molar-refractivity contribution in [3.8, 4) is 33.9 Å². The van der Waals surface area contributed by atoms with Crippen LogP contribution < -0.4 is 10.6 Å². The van der Waals surface area contributed by atoms with Gasteiger partial charge in [-0.05, 0) is 54.3 Å². The predicted molar refractivity (Wildman–Crippen MR) is 129 cm³/mol. The molecule has 0 aliphatic rings. The maximum absolute atomic E-state index is 10.1. The molecule has 5 N–H and O–H groups in total. The number of nitrogens with zero attached hydrogens (tertiary/aromatic N) is 1. The van der Waals surface area contributed by atoms with E-state index >= 15 is 0 Å². The molecule has 4 aromatic rings. The van der Waals surface area contributed by atoms with E-state index in [1.807, 2.05) is 30.3 Å². The molecule has 1 unspecified atom stereocenters. The van der Waals surface area contributed by atoms with Crippen molar-refractivity contribution >= 4 is 11.5 Å². The molecule has 0 radical (unpaired) electrons. The van der Waals surface area contributed by atoms with E-state index in [-0.39, 0.29) is 11.5 Å². The molecule has 0 aliphatic heterocycles. The van der Waals surface area contributed by atoms with E-state index in [2.05, 4.69) is 58.9 Å². The molecule has 6 heteroatoms. The van der Waals surface area contributed by atoms with Crippen LogP contribution in [0.4, 0.5) is 11.5 Å². The predicted octanol–water partition coefficient (Wildman–Crippen LogP) is 5.79. The van der Waals surface area contributed by atoms with Crippen LogP contribution in [0.25, 0.3) is 22.4 Å². The number of H-pyrrole nitrogens is 1. The third kappa shape index (κ3) is 5.10. The van der Waals surface area contributed by atoms with Crippen LogP contribution in [0.3, 0.4) is 0 Å². The lowest BCUT2D eigenvalue weighted by atomic mass is 10.0. The van der Waals surface area contributed by atoms with Crippen molar-refractivity contribution < 1.29 is 10.2 Å². The Morgan fingerprint density at radius 3 is 2.31 bits per heavy atom. The Bertz CT molecular complexity index is 1170. The van der Waals surface area contributed by atoms with Crippen LogP contribution in [0, 0.1) is 0 Å². The lowest BCUT2D eigenvalue weighted by Gasteiger charge is -2.11. The zero-order chi connectivity index (χ0) is 22.5. The molecule has 1 atom stereocenters. The Labute approximate surface area is 188 Å². The summed E-state index contributed by atoms with van der Waals surface area (Å²) in [6.45, 7) is 5.23. The first-order chi connectivity index (χ1) is 15.5. The van der Waals surface area contributed by atoms with Crippen LogP contribution in [0.15, 0.2) is 72.8 Å². The van der Waals surface area contributed by atoms with E-state index in [0.717, 1.165) is 41.3 Å². The second-order valence-electron chi connectivity index (χ2n) is 7.96. The summed E-state index contributed by atoms with van der Waals surface area (Å²) >= 11 is 0. The third-order valence-electron chi connectivity index (χ3n) is 5.56. The Morgan fingerprint density at radius 1 is 0.906 bits per heavy atom. The minimum atomic E-state index is 0.0396. The first-order valence-electron chi connectivity index (χ1n) is 10.8. The van der Waals surface area contributed by atoms with Gasteiger partial charge in [0.1, 0.15) is 11.5 Å². The summed E-state index contributed by atoms with van der Waals surface area (Å²) in [7, 11) is 0. The van der Waals surface area contributed by atoms with Crippen molar-refractivity contribution in [1.29, 1.82) is 0 Å². The highest BCUT2D eigenvalue weighted by molar-refractivity contribution is 5.74. The van der Waals surface area contributed by atoms with Gasteiger partial charge in [-0.1, -0.05) is 43.3 Å². The van der Waals surface area contributed by atoms with Gasteiger partial charge in [-0.25, -0.2) is 0 Å². The van der Waals surface area contributed by atoms with Crippen LogP contribution in [-0.4, -0.2) is 26.5 Å². The normalized spacial score (nSPS) is 11.9. The zero-order valence-corrected chi connectivity index (χ0v) is 18.3. The smallest absolute Gasteiger partial charge is 0.152 e. The molecule has 4 rings (SSSR count). The number of phenols is 2. The van der Waals surface area contributed by atoms with Gasteiger partial charge in [-0.3, -0.25) is 5.10 Å². The van der Waals surface area contributed by atoms with E-state index in [0.29, 0.717) is 11.6 Å². The van der Waals surface area contributed by atoms with Gasteiger partial charge in [-0.2, -0.15) is 5.10 Å². The molecule has 0 amide bonds. The maximum atomic E-state index is 10.1. The summed E-state index contributed by atoms with van der Waals surface area (Å²) in [5.74, 6) is 0.830. The van der Waals surface area contributed by atoms with Gasteiger partial charge in [0.2, 0.25) is 0 Å². The van der Waals surface area contributed by atoms with Gasteiger partial charge in [0.15, 0.2) is 5.82 Å². The second kappa shape index (κ2) is 9.58. The summed E-state index contributed by atoms with van der Waals surface area (Å²) in [4.78, 5) is 0. The van der Waals surface area contributed by atoms with E-state index in [9.17, 15) is 10.2 Å². The standard InChI is InChI=1S/C26H28N4O2/c1-3-17(2)27-16-18-4-10-21(11-5-18)28-26-15-24(29-30-26)20-8-6-19(7-9-20)23-13-12-22(31)14-25(23)32/h4-15,17,27,31-32H,3,16H2,1-2H3,(H2,28,29,30). The summed E-state index contributed by atoms with van der Waals surface area (Å²) in [6.07, 6.45) is 1.11.